The lowest BCUT2D eigenvalue weighted by atomic mass is 9.95. The first kappa shape index (κ1) is 18.4. The van der Waals surface area contributed by atoms with E-state index in [1.807, 2.05) is 0 Å². The molecule has 0 atom stereocenters. The van der Waals surface area contributed by atoms with Gasteiger partial charge in [-0.1, -0.05) is 36.6 Å². The van der Waals surface area contributed by atoms with Gasteiger partial charge in [-0.25, -0.2) is 8.42 Å². The average molecular weight is 377 g/mol. The van der Waals surface area contributed by atoms with Crippen molar-refractivity contribution < 1.29 is 17.7 Å². The normalized spacial score (nSPS) is 15.6. The maximum Gasteiger partial charge on any atom is 0.267 e. The number of carbonyl (C=O) groups excluding carboxylic acids is 1. The Kier molecular flexibility index (Phi) is 5.31. The summed E-state index contributed by atoms with van der Waals surface area (Å²) in [6, 6.07) is 6.73. The molecule has 0 bridgehead atoms. The number of anilines is 1. The fourth-order valence-corrected chi connectivity index (χ4v) is 4.75. The van der Waals surface area contributed by atoms with Crippen LogP contribution < -0.4 is 10.0 Å². The van der Waals surface area contributed by atoms with Crippen LogP contribution in [0.15, 0.2) is 33.7 Å². The number of amides is 1. The van der Waals surface area contributed by atoms with E-state index in [0.717, 1.165) is 25.7 Å². The third-order valence-electron chi connectivity index (χ3n) is 4.59. The molecule has 1 aromatic heterocycles. The molecule has 1 aliphatic rings. The molecule has 7 nitrogen and oxygen atoms in total. The van der Waals surface area contributed by atoms with Crippen molar-refractivity contribution >= 4 is 21.6 Å². The van der Waals surface area contributed by atoms with Gasteiger partial charge in [-0.2, -0.15) is 0 Å². The highest BCUT2D eigenvalue weighted by atomic mass is 32.2. The van der Waals surface area contributed by atoms with Crippen molar-refractivity contribution in [3.63, 3.8) is 0 Å². The van der Waals surface area contributed by atoms with Crippen LogP contribution >= 0.6 is 0 Å². The summed E-state index contributed by atoms with van der Waals surface area (Å²) in [4.78, 5) is 12.7. The van der Waals surface area contributed by atoms with Crippen LogP contribution in [0.2, 0.25) is 0 Å². The number of sulfonamides is 1. The number of rotatable bonds is 5. The molecule has 3 rings (SSSR count). The first-order chi connectivity index (χ1) is 12.4. The molecule has 0 aliphatic heterocycles. The highest BCUT2D eigenvalue weighted by Gasteiger charge is 2.26. The summed E-state index contributed by atoms with van der Waals surface area (Å²) in [7, 11) is -3.91. The minimum Gasteiger partial charge on any atom is -0.360 e. The van der Waals surface area contributed by atoms with E-state index in [9.17, 15) is 13.2 Å². The Balaban J connectivity index is 1.84. The van der Waals surface area contributed by atoms with Crippen LogP contribution in [0.4, 0.5) is 5.69 Å². The molecule has 0 spiro atoms. The SMILES string of the molecule is Cc1noc(C)c1S(=O)(=O)Nc1ccccc1C(=O)NC1CCCCC1. The number of aromatic nitrogens is 1. The van der Waals surface area contributed by atoms with E-state index < -0.39 is 10.0 Å². The number of para-hydroxylation sites is 1. The van der Waals surface area contributed by atoms with E-state index >= 15 is 0 Å². The highest BCUT2D eigenvalue weighted by Crippen LogP contribution is 2.25. The monoisotopic (exact) mass is 377 g/mol. The van der Waals surface area contributed by atoms with Crippen LogP contribution in [0.3, 0.4) is 0 Å². The number of carbonyl (C=O) groups is 1. The van der Waals surface area contributed by atoms with Crippen molar-refractivity contribution in [3.8, 4) is 0 Å². The van der Waals surface area contributed by atoms with Gasteiger partial charge in [0.1, 0.15) is 5.69 Å². The van der Waals surface area contributed by atoms with E-state index in [1.54, 1.807) is 31.2 Å². The van der Waals surface area contributed by atoms with E-state index in [0.29, 0.717) is 5.56 Å². The third-order valence-corrected chi connectivity index (χ3v) is 6.20. The van der Waals surface area contributed by atoms with Crippen molar-refractivity contribution in [2.45, 2.75) is 56.9 Å². The number of nitrogens with one attached hydrogen (secondary N) is 2. The first-order valence-electron chi connectivity index (χ1n) is 8.74. The fourth-order valence-electron chi connectivity index (χ4n) is 3.33. The largest absolute Gasteiger partial charge is 0.360 e. The van der Waals surface area contributed by atoms with Gasteiger partial charge in [-0.15, -0.1) is 0 Å². The van der Waals surface area contributed by atoms with E-state index in [-0.39, 0.29) is 34.0 Å². The maximum atomic E-state index is 12.7. The molecule has 1 fully saturated rings. The van der Waals surface area contributed by atoms with Crippen LogP contribution in [0.25, 0.3) is 0 Å². The average Bonchev–Trinajstić information content (AvgIpc) is 2.95. The van der Waals surface area contributed by atoms with E-state index in [4.69, 9.17) is 4.52 Å². The molecule has 1 heterocycles. The van der Waals surface area contributed by atoms with Crippen molar-refractivity contribution in [2.75, 3.05) is 4.72 Å². The molecule has 2 aromatic rings. The maximum absolute atomic E-state index is 12.7. The van der Waals surface area contributed by atoms with Gasteiger partial charge in [0.15, 0.2) is 10.7 Å². The van der Waals surface area contributed by atoms with Crippen molar-refractivity contribution in [2.24, 2.45) is 0 Å². The predicted molar refractivity (Wildman–Crippen MR) is 97.6 cm³/mol. The van der Waals surface area contributed by atoms with Crippen LogP contribution in [0, 0.1) is 13.8 Å². The summed E-state index contributed by atoms with van der Waals surface area (Å²) in [6.45, 7) is 3.10. The zero-order valence-electron chi connectivity index (χ0n) is 14.9. The number of hydrogen-bond acceptors (Lipinski definition) is 5. The van der Waals surface area contributed by atoms with Gasteiger partial charge in [0.05, 0.1) is 11.3 Å². The summed E-state index contributed by atoms with van der Waals surface area (Å²) >= 11 is 0. The van der Waals surface area contributed by atoms with Gasteiger partial charge in [0.25, 0.3) is 15.9 Å². The Bertz CT molecular complexity index is 879. The van der Waals surface area contributed by atoms with Crippen LogP contribution in [-0.4, -0.2) is 25.5 Å². The number of nitrogens with zero attached hydrogens (tertiary/aromatic N) is 1. The summed E-state index contributed by atoms with van der Waals surface area (Å²) in [6.07, 6.45) is 5.31. The highest BCUT2D eigenvalue weighted by molar-refractivity contribution is 7.92. The molecule has 0 saturated heterocycles. The topological polar surface area (TPSA) is 101 Å². The van der Waals surface area contributed by atoms with Crippen molar-refractivity contribution in [1.82, 2.24) is 10.5 Å². The van der Waals surface area contributed by atoms with Gasteiger partial charge in [0.2, 0.25) is 0 Å². The molecule has 1 aliphatic carbocycles. The minimum absolute atomic E-state index is 0.00000765. The van der Waals surface area contributed by atoms with Crippen LogP contribution in [0.5, 0.6) is 0 Å². The summed E-state index contributed by atoms with van der Waals surface area (Å²) < 4.78 is 32.9. The van der Waals surface area contributed by atoms with Crippen LogP contribution in [0.1, 0.15) is 53.9 Å². The van der Waals surface area contributed by atoms with Crippen molar-refractivity contribution in [3.05, 3.63) is 41.3 Å². The minimum atomic E-state index is -3.91. The number of benzene rings is 1. The Labute approximate surface area is 153 Å². The smallest absolute Gasteiger partial charge is 0.267 e. The zero-order chi connectivity index (χ0) is 18.7. The van der Waals surface area contributed by atoms with E-state index in [2.05, 4.69) is 15.2 Å². The summed E-state index contributed by atoms with van der Waals surface area (Å²) in [5.74, 6) is -0.0619. The third kappa shape index (κ3) is 3.90. The second-order valence-corrected chi connectivity index (χ2v) is 8.23. The Morgan fingerprint density at radius 1 is 1.15 bits per heavy atom. The molecule has 1 saturated carbocycles. The van der Waals surface area contributed by atoms with Gasteiger partial charge in [-0.05, 0) is 38.8 Å². The number of aryl methyl sites for hydroxylation is 2. The Hall–Kier alpha value is -2.35. The molecular weight excluding hydrogens is 354 g/mol. The quantitative estimate of drug-likeness (QED) is 0.833. The molecule has 0 unspecified atom stereocenters. The Morgan fingerprint density at radius 3 is 2.50 bits per heavy atom. The standard InChI is InChI=1S/C18H23N3O4S/c1-12-17(13(2)25-20-12)26(23,24)21-16-11-7-6-10-15(16)18(22)19-14-8-4-3-5-9-14/h6-7,10-11,14,21H,3-5,8-9H2,1-2H3,(H,19,22). The van der Waals surface area contributed by atoms with Crippen LogP contribution in [-0.2, 0) is 10.0 Å². The second-order valence-electron chi connectivity index (χ2n) is 6.61. The lowest BCUT2D eigenvalue weighted by molar-refractivity contribution is 0.0928. The number of hydrogen-bond donors (Lipinski definition) is 2. The molecular formula is C18H23N3O4S. The zero-order valence-corrected chi connectivity index (χ0v) is 15.7. The Morgan fingerprint density at radius 2 is 1.85 bits per heavy atom. The molecule has 8 heteroatoms. The molecule has 0 radical (unpaired) electrons. The summed E-state index contributed by atoms with van der Waals surface area (Å²) in [5, 5.41) is 6.70. The van der Waals surface area contributed by atoms with Gasteiger partial charge in [0, 0.05) is 6.04 Å². The van der Waals surface area contributed by atoms with Crippen molar-refractivity contribution in [1.29, 1.82) is 0 Å². The molecule has 2 N–H and O–H groups in total. The first-order valence-corrected chi connectivity index (χ1v) is 10.2. The van der Waals surface area contributed by atoms with Gasteiger partial charge < -0.3 is 9.84 Å². The molecule has 26 heavy (non-hydrogen) atoms. The van der Waals surface area contributed by atoms with Gasteiger partial charge in [-0.3, -0.25) is 9.52 Å². The molecule has 1 amide bonds. The lowest BCUT2D eigenvalue weighted by Crippen LogP contribution is -2.36. The predicted octanol–water partition coefficient (Wildman–Crippen LogP) is 3.15. The van der Waals surface area contributed by atoms with Gasteiger partial charge >= 0.3 is 0 Å². The van der Waals surface area contributed by atoms with E-state index in [1.165, 1.54) is 13.3 Å². The second kappa shape index (κ2) is 7.49. The fraction of sp³-hybridized carbons (Fsp3) is 0.444. The molecule has 1 aromatic carbocycles. The lowest BCUT2D eigenvalue weighted by Gasteiger charge is -2.23. The molecule has 140 valence electrons. The summed E-state index contributed by atoms with van der Waals surface area (Å²) in [5.41, 5.74) is 0.813.